The number of halogens is 2. The second-order valence-electron chi connectivity index (χ2n) is 7.18. The number of rotatable bonds is 5. The number of hydrogen-bond acceptors (Lipinski definition) is 5. The van der Waals surface area contributed by atoms with Crippen LogP contribution in [0.15, 0.2) is 51.7 Å². The van der Waals surface area contributed by atoms with Crippen molar-refractivity contribution in [3.63, 3.8) is 0 Å². The SMILES string of the molecule is Cc1oc2cc(OC(=O)[C@H](N)CC(C)C)ccc2c(=O)c1-c1ccc(F)cc1.Cl. The maximum atomic E-state index is 13.2. The van der Waals surface area contributed by atoms with E-state index in [1.54, 1.807) is 13.0 Å². The summed E-state index contributed by atoms with van der Waals surface area (Å²) in [5, 5.41) is 0.344. The van der Waals surface area contributed by atoms with Crippen LogP contribution in [0.5, 0.6) is 5.75 Å². The summed E-state index contributed by atoms with van der Waals surface area (Å²) in [6.07, 6.45) is 0.516. The van der Waals surface area contributed by atoms with E-state index in [0.717, 1.165) is 0 Å². The Balaban J connectivity index is 0.00000300. The van der Waals surface area contributed by atoms with Crippen molar-refractivity contribution >= 4 is 29.3 Å². The predicted octanol–water partition coefficient (Wildman–Crippen LogP) is 4.61. The van der Waals surface area contributed by atoms with Gasteiger partial charge in [-0.15, -0.1) is 12.4 Å². The van der Waals surface area contributed by atoms with E-state index in [0.29, 0.717) is 34.3 Å². The molecule has 0 saturated heterocycles. The molecule has 2 aromatic carbocycles. The number of nitrogens with two attached hydrogens (primary N) is 1. The Bertz CT molecular complexity index is 1080. The Morgan fingerprint density at radius 3 is 2.45 bits per heavy atom. The van der Waals surface area contributed by atoms with Gasteiger partial charge in [-0.1, -0.05) is 26.0 Å². The topological polar surface area (TPSA) is 82.5 Å². The summed E-state index contributed by atoms with van der Waals surface area (Å²) >= 11 is 0. The fourth-order valence-corrected chi connectivity index (χ4v) is 3.10. The third-order valence-corrected chi connectivity index (χ3v) is 4.42. The Kier molecular flexibility index (Phi) is 7.16. The first-order valence-electron chi connectivity index (χ1n) is 9.07. The molecule has 5 nitrogen and oxygen atoms in total. The van der Waals surface area contributed by atoms with Gasteiger partial charge in [0, 0.05) is 6.07 Å². The highest BCUT2D eigenvalue weighted by molar-refractivity contribution is 5.86. The quantitative estimate of drug-likeness (QED) is 0.482. The third-order valence-electron chi connectivity index (χ3n) is 4.42. The first kappa shape index (κ1) is 22.6. The lowest BCUT2D eigenvalue weighted by Gasteiger charge is -2.13. The Hall–Kier alpha value is -2.70. The molecule has 0 aliphatic heterocycles. The molecule has 3 rings (SSSR count). The van der Waals surface area contributed by atoms with Crippen LogP contribution in [0.3, 0.4) is 0 Å². The molecule has 0 aliphatic carbocycles. The molecular weight excluding hydrogens is 397 g/mol. The maximum absolute atomic E-state index is 13.2. The number of hydrogen-bond donors (Lipinski definition) is 1. The highest BCUT2D eigenvalue weighted by Gasteiger charge is 2.19. The van der Waals surface area contributed by atoms with Crippen molar-refractivity contribution < 1.29 is 18.3 Å². The predicted molar refractivity (Wildman–Crippen MR) is 113 cm³/mol. The van der Waals surface area contributed by atoms with Crippen molar-refractivity contribution in [2.75, 3.05) is 0 Å². The summed E-state index contributed by atoms with van der Waals surface area (Å²) in [6, 6.07) is 9.51. The van der Waals surface area contributed by atoms with Gasteiger partial charge >= 0.3 is 5.97 Å². The largest absolute Gasteiger partial charge is 0.460 e. The van der Waals surface area contributed by atoms with Crippen LogP contribution in [0.25, 0.3) is 22.1 Å². The Morgan fingerprint density at radius 2 is 1.83 bits per heavy atom. The smallest absolute Gasteiger partial charge is 0.328 e. The van der Waals surface area contributed by atoms with Gasteiger partial charge in [0.2, 0.25) is 5.43 Å². The van der Waals surface area contributed by atoms with E-state index in [1.165, 1.54) is 36.4 Å². The molecule has 1 aromatic heterocycles. The lowest BCUT2D eigenvalue weighted by molar-refractivity contribution is -0.136. The highest BCUT2D eigenvalue weighted by atomic mass is 35.5. The minimum atomic E-state index is -0.717. The molecule has 0 amide bonds. The van der Waals surface area contributed by atoms with Crippen LogP contribution in [0, 0.1) is 18.7 Å². The van der Waals surface area contributed by atoms with Gasteiger partial charge in [0.25, 0.3) is 0 Å². The van der Waals surface area contributed by atoms with Gasteiger partial charge in [0.15, 0.2) is 0 Å². The van der Waals surface area contributed by atoms with Gasteiger partial charge in [0.05, 0.1) is 10.9 Å². The van der Waals surface area contributed by atoms with Crippen LogP contribution < -0.4 is 15.9 Å². The van der Waals surface area contributed by atoms with Crippen LogP contribution >= 0.6 is 12.4 Å². The van der Waals surface area contributed by atoms with Gasteiger partial charge in [-0.3, -0.25) is 4.79 Å². The number of aryl methyl sites for hydroxylation is 1. The van der Waals surface area contributed by atoms with Crippen molar-refractivity contribution in [2.24, 2.45) is 11.7 Å². The van der Waals surface area contributed by atoms with Crippen LogP contribution in [0.4, 0.5) is 4.39 Å². The van der Waals surface area contributed by atoms with Crippen molar-refractivity contribution in [1.29, 1.82) is 0 Å². The van der Waals surface area contributed by atoms with Gasteiger partial charge in [-0.2, -0.15) is 0 Å². The lowest BCUT2D eigenvalue weighted by atomic mass is 10.0. The zero-order valence-corrected chi connectivity index (χ0v) is 17.2. The highest BCUT2D eigenvalue weighted by Crippen LogP contribution is 2.26. The Labute approximate surface area is 174 Å². The van der Waals surface area contributed by atoms with Crippen LogP contribution in [0.2, 0.25) is 0 Å². The number of fused-ring (bicyclic) bond motifs is 1. The van der Waals surface area contributed by atoms with Gasteiger partial charge < -0.3 is 14.9 Å². The molecule has 0 unspecified atom stereocenters. The van der Waals surface area contributed by atoms with E-state index in [2.05, 4.69) is 0 Å². The molecule has 7 heteroatoms. The number of carbonyl (C=O) groups is 1. The summed E-state index contributed by atoms with van der Waals surface area (Å²) < 4.78 is 24.3. The standard InChI is InChI=1S/C22H22FNO4.ClH/c1-12(2)10-18(24)22(26)28-16-8-9-17-19(11-16)27-13(3)20(21(17)25)14-4-6-15(23)7-5-14;/h4-9,11-12,18H,10,24H2,1-3H3;1H/t18-;/m1./s1. The van der Waals surface area contributed by atoms with Crippen LogP contribution in [-0.2, 0) is 4.79 Å². The normalized spacial score (nSPS) is 11.9. The summed E-state index contributed by atoms with van der Waals surface area (Å²) in [5.74, 6) is 0.00588. The molecule has 1 atom stereocenters. The first-order chi connectivity index (χ1) is 13.3. The lowest BCUT2D eigenvalue weighted by Crippen LogP contribution is -2.35. The van der Waals surface area contributed by atoms with E-state index in [-0.39, 0.29) is 35.3 Å². The summed E-state index contributed by atoms with van der Waals surface area (Å²) in [4.78, 5) is 25.0. The number of ether oxygens (including phenoxy) is 1. The van der Waals surface area contributed by atoms with Crippen LogP contribution in [-0.4, -0.2) is 12.0 Å². The minimum absolute atomic E-state index is 0. The van der Waals surface area contributed by atoms with Gasteiger partial charge in [-0.05, 0) is 49.1 Å². The summed E-state index contributed by atoms with van der Waals surface area (Å²) in [5.41, 5.74) is 6.86. The average molecular weight is 420 g/mol. The number of esters is 1. The van der Waals surface area contributed by atoms with E-state index in [9.17, 15) is 14.0 Å². The first-order valence-corrected chi connectivity index (χ1v) is 9.07. The van der Waals surface area contributed by atoms with E-state index < -0.39 is 12.0 Å². The molecule has 29 heavy (non-hydrogen) atoms. The van der Waals surface area contributed by atoms with E-state index >= 15 is 0 Å². The summed E-state index contributed by atoms with van der Waals surface area (Å²) in [6.45, 7) is 5.61. The molecule has 0 spiro atoms. The van der Waals surface area contributed by atoms with Crippen molar-refractivity contribution in [2.45, 2.75) is 33.2 Å². The molecule has 154 valence electrons. The third kappa shape index (κ3) is 5.02. The molecule has 2 N–H and O–H groups in total. The molecular formula is C22H23ClFNO4. The minimum Gasteiger partial charge on any atom is -0.460 e. The van der Waals surface area contributed by atoms with Crippen molar-refractivity contribution in [1.82, 2.24) is 0 Å². The molecule has 0 fully saturated rings. The molecule has 3 aromatic rings. The molecule has 0 bridgehead atoms. The molecule has 1 heterocycles. The monoisotopic (exact) mass is 419 g/mol. The number of carbonyl (C=O) groups excluding carboxylic acids is 1. The molecule has 0 aliphatic rings. The molecule has 0 saturated carbocycles. The maximum Gasteiger partial charge on any atom is 0.328 e. The second kappa shape index (κ2) is 9.20. The average Bonchev–Trinajstić information content (AvgIpc) is 2.62. The summed E-state index contributed by atoms with van der Waals surface area (Å²) in [7, 11) is 0. The van der Waals surface area contributed by atoms with E-state index in [1.807, 2.05) is 13.8 Å². The Morgan fingerprint density at radius 1 is 1.17 bits per heavy atom. The molecule has 0 radical (unpaired) electrons. The van der Waals surface area contributed by atoms with Crippen LogP contribution in [0.1, 0.15) is 26.0 Å². The number of benzene rings is 2. The van der Waals surface area contributed by atoms with Gasteiger partial charge in [0.1, 0.15) is 29.0 Å². The fourth-order valence-electron chi connectivity index (χ4n) is 3.10. The van der Waals surface area contributed by atoms with Crippen molar-refractivity contribution in [3.8, 4) is 16.9 Å². The zero-order valence-electron chi connectivity index (χ0n) is 16.4. The van der Waals surface area contributed by atoms with Crippen molar-refractivity contribution in [3.05, 3.63) is 64.3 Å². The zero-order chi connectivity index (χ0) is 20.4. The fraction of sp³-hybridized carbons (Fsp3) is 0.273. The van der Waals surface area contributed by atoms with Gasteiger partial charge in [-0.25, -0.2) is 9.18 Å². The van der Waals surface area contributed by atoms with E-state index in [4.69, 9.17) is 14.9 Å². The second-order valence-corrected chi connectivity index (χ2v) is 7.18.